The highest BCUT2D eigenvalue weighted by Gasteiger charge is 2.32. The van der Waals surface area contributed by atoms with Crippen molar-refractivity contribution in [2.24, 2.45) is 0 Å². The van der Waals surface area contributed by atoms with Crippen LogP contribution >= 0.6 is 0 Å². The van der Waals surface area contributed by atoms with Crippen molar-refractivity contribution in [1.29, 1.82) is 0 Å². The highest BCUT2D eigenvalue weighted by molar-refractivity contribution is 5.90. The van der Waals surface area contributed by atoms with Crippen molar-refractivity contribution in [2.75, 3.05) is 0 Å². The predicted molar refractivity (Wildman–Crippen MR) is 221 cm³/mol. The first kappa shape index (κ1) is 31.7. The van der Waals surface area contributed by atoms with Gasteiger partial charge in [0.05, 0.1) is 45.6 Å². The van der Waals surface area contributed by atoms with Crippen LogP contribution in [-0.4, -0.2) is 29.9 Å². The number of hydrogen-bond acceptors (Lipinski definition) is 6. The number of aromatic nitrogens is 6. The van der Waals surface area contributed by atoms with E-state index in [1.807, 2.05) is 49.1 Å². The molecular formula is C50H36N6. The molecule has 6 aromatic heterocycles. The van der Waals surface area contributed by atoms with E-state index in [0.717, 1.165) is 96.9 Å². The third kappa shape index (κ3) is 4.81. The van der Waals surface area contributed by atoms with Gasteiger partial charge in [-0.05, 0) is 166 Å². The molecule has 4 aliphatic carbocycles. The molecule has 6 heterocycles. The summed E-state index contributed by atoms with van der Waals surface area (Å²) in [5, 5.41) is 0. The molecule has 0 aliphatic heterocycles. The molecule has 0 amide bonds. The van der Waals surface area contributed by atoms with Crippen molar-refractivity contribution < 1.29 is 0 Å². The number of pyridine rings is 6. The van der Waals surface area contributed by atoms with E-state index in [-0.39, 0.29) is 0 Å². The van der Waals surface area contributed by atoms with E-state index in [1.165, 1.54) is 77.9 Å². The quantitative estimate of drug-likeness (QED) is 0.181. The van der Waals surface area contributed by atoms with E-state index >= 15 is 0 Å². The lowest BCUT2D eigenvalue weighted by molar-refractivity contribution is 0.877. The average molecular weight is 721 g/mol. The minimum absolute atomic E-state index is 0.937. The number of hydrogen-bond donors (Lipinski definition) is 0. The summed E-state index contributed by atoms with van der Waals surface area (Å²) >= 11 is 0. The highest BCUT2D eigenvalue weighted by atomic mass is 14.9. The number of fused-ring (bicyclic) bond motifs is 12. The van der Waals surface area contributed by atoms with Crippen LogP contribution in [0.2, 0.25) is 0 Å². The number of aryl methyl sites for hydroxylation is 4. The number of nitrogens with zero attached hydrogens (tertiary/aromatic N) is 6. The third-order valence-electron chi connectivity index (χ3n) is 12.5. The Labute approximate surface area is 325 Å². The topological polar surface area (TPSA) is 77.3 Å². The molecule has 0 saturated carbocycles. The van der Waals surface area contributed by atoms with Crippen molar-refractivity contribution in [3.8, 4) is 78.9 Å². The van der Waals surface area contributed by atoms with Crippen LogP contribution in [0.1, 0.15) is 44.5 Å². The lowest BCUT2D eigenvalue weighted by Crippen LogP contribution is -2.16. The van der Waals surface area contributed by atoms with E-state index in [0.29, 0.717) is 0 Å². The van der Waals surface area contributed by atoms with Crippen molar-refractivity contribution in [2.45, 2.75) is 51.4 Å². The largest absolute Gasteiger partial charge is 0.254 e. The Hall–Kier alpha value is -6.66. The second kappa shape index (κ2) is 12.4. The molecule has 0 saturated heterocycles. The summed E-state index contributed by atoms with van der Waals surface area (Å²) in [6, 6.07) is 35.3. The lowest BCUT2D eigenvalue weighted by atomic mass is 9.79. The van der Waals surface area contributed by atoms with E-state index in [9.17, 15) is 0 Å². The first-order valence-electron chi connectivity index (χ1n) is 19.9. The maximum absolute atomic E-state index is 5.41. The van der Waals surface area contributed by atoms with Gasteiger partial charge in [-0.15, -0.1) is 0 Å². The molecule has 0 atom stereocenters. The second-order valence-corrected chi connectivity index (χ2v) is 15.5. The standard InChI is InChI=1S/C50H36N6/c1-7-33(27-35(9-1)41-37-19-15-29-11-3-23-51-43(29)47(37)55-48-38(41)20-16-30-12-4-24-52-44(30)48)34-8-2-10-36(28-34)42-39-21-17-31-13-5-25-53-45(31)49(39)56-50-40(42)22-18-32-14-6-26-54-46(32)50/h1-14,23-28H,15-22H2. The molecule has 4 aliphatic rings. The molecule has 6 nitrogen and oxygen atoms in total. The summed E-state index contributed by atoms with van der Waals surface area (Å²) in [6.07, 6.45) is 15.2. The number of benzene rings is 2. The summed E-state index contributed by atoms with van der Waals surface area (Å²) in [5.74, 6) is 0. The Kier molecular flexibility index (Phi) is 7.03. The van der Waals surface area contributed by atoms with Gasteiger partial charge in [0.1, 0.15) is 0 Å². The highest BCUT2D eigenvalue weighted by Crippen LogP contribution is 2.47. The SMILES string of the molecule is c1cc(-c2cccc(-c3c4c(nc5c3CCc3cccnc3-5)-c3ncccc3CC4)c2)cc(-c2c3c(nc4c2CCc2cccnc2-4)-c2ncccc2CC3)c1. The van der Waals surface area contributed by atoms with Gasteiger partial charge in [-0.1, -0.05) is 60.7 Å². The van der Waals surface area contributed by atoms with Crippen LogP contribution in [0.3, 0.4) is 0 Å². The molecule has 266 valence electrons. The van der Waals surface area contributed by atoms with Gasteiger partial charge in [0.25, 0.3) is 0 Å². The molecular weight excluding hydrogens is 685 g/mol. The zero-order valence-electron chi connectivity index (χ0n) is 30.9. The summed E-state index contributed by atoms with van der Waals surface area (Å²) in [5.41, 5.74) is 25.8. The van der Waals surface area contributed by atoms with Gasteiger partial charge in [-0.25, -0.2) is 9.97 Å². The van der Waals surface area contributed by atoms with E-state index in [1.54, 1.807) is 0 Å². The fraction of sp³-hybridized carbons (Fsp3) is 0.160. The fourth-order valence-electron chi connectivity index (χ4n) is 9.95. The fourth-order valence-corrected chi connectivity index (χ4v) is 9.95. The molecule has 56 heavy (non-hydrogen) atoms. The first-order valence-corrected chi connectivity index (χ1v) is 19.9. The maximum Gasteiger partial charge on any atom is 0.0935 e. The Morgan fingerprint density at radius 2 is 0.589 bits per heavy atom. The Bertz CT molecular complexity index is 2600. The molecule has 12 rings (SSSR count). The van der Waals surface area contributed by atoms with Gasteiger partial charge >= 0.3 is 0 Å². The van der Waals surface area contributed by atoms with Gasteiger partial charge < -0.3 is 0 Å². The lowest BCUT2D eigenvalue weighted by Gasteiger charge is -2.28. The van der Waals surface area contributed by atoms with E-state index in [4.69, 9.17) is 29.9 Å². The van der Waals surface area contributed by atoms with Gasteiger partial charge in [0, 0.05) is 24.8 Å². The predicted octanol–water partition coefficient (Wildman–Crippen LogP) is 10.1. The molecule has 2 aromatic carbocycles. The molecule has 0 fully saturated rings. The van der Waals surface area contributed by atoms with Gasteiger partial charge in [-0.3, -0.25) is 19.9 Å². The van der Waals surface area contributed by atoms with E-state index < -0.39 is 0 Å². The molecule has 0 spiro atoms. The second-order valence-electron chi connectivity index (χ2n) is 15.5. The van der Waals surface area contributed by atoms with Crippen LogP contribution in [0.25, 0.3) is 78.9 Å². The Balaban J connectivity index is 1.04. The summed E-state index contributed by atoms with van der Waals surface area (Å²) in [4.78, 5) is 30.4. The van der Waals surface area contributed by atoms with Crippen molar-refractivity contribution >= 4 is 0 Å². The van der Waals surface area contributed by atoms with Gasteiger partial charge in [0.15, 0.2) is 0 Å². The molecule has 0 radical (unpaired) electrons. The summed E-state index contributed by atoms with van der Waals surface area (Å²) in [6.45, 7) is 0. The van der Waals surface area contributed by atoms with Crippen LogP contribution in [0.4, 0.5) is 0 Å². The molecule has 0 bridgehead atoms. The third-order valence-corrected chi connectivity index (χ3v) is 12.5. The monoisotopic (exact) mass is 720 g/mol. The first-order chi connectivity index (χ1) is 27.8. The zero-order chi connectivity index (χ0) is 36.7. The minimum Gasteiger partial charge on any atom is -0.254 e. The minimum atomic E-state index is 0.937. The van der Waals surface area contributed by atoms with E-state index in [2.05, 4.69) is 72.8 Å². The molecule has 8 aromatic rings. The van der Waals surface area contributed by atoms with Crippen LogP contribution in [0.15, 0.2) is 122 Å². The van der Waals surface area contributed by atoms with Crippen LogP contribution < -0.4 is 0 Å². The van der Waals surface area contributed by atoms with Crippen molar-refractivity contribution in [3.05, 3.63) is 166 Å². The van der Waals surface area contributed by atoms with Crippen molar-refractivity contribution in [1.82, 2.24) is 29.9 Å². The van der Waals surface area contributed by atoms with Crippen LogP contribution in [0.5, 0.6) is 0 Å². The molecule has 0 unspecified atom stereocenters. The maximum atomic E-state index is 5.41. The smallest absolute Gasteiger partial charge is 0.0935 e. The zero-order valence-corrected chi connectivity index (χ0v) is 30.9. The van der Waals surface area contributed by atoms with Gasteiger partial charge in [-0.2, -0.15) is 0 Å². The Morgan fingerprint density at radius 3 is 0.911 bits per heavy atom. The molecule has 0 N–H and O–H groups in total. The van der Waals surface area contributed by atoms with Crippen LogP contribution in [-0.2, 0) is 51.4 Å². The van der Waals surface area contributed by atoms with Crippen molar-refractivity contribution in [3.63, 3.8) is 0 Å². The van der Waals surface area contributed by atoms with Crippen LogP contribution in [0, 0.1) is 0 Å². The normalized spacial score (nSPS) is 14.2. The molecule has 6 heteroatoms. The Morgan fingerprint density at radius 1 is 0.286 bits per heavy atom. The number of rotatable bonds is 3. The summed E-state index contributed by atoms with van der Waals surface area (Å²) in [7, 11) is 0. The average Bonchev–Trinajstić information content (AvgIpc) is 3.27. The summed E-state index contributed by atoms with van der Waals surface area (Å²) < 4.78 is 0. The van der Waals surface area contributed by atoms with Gasteiger partial charge in [0.2, 0.25) is 0 Å².